The molecular formula is C16H17N3OS. The van der Waals surface area contributed by atoms with Crippen molar-refractivity contribution in [1.29, 1.82) is 0 Å². The van der Waals surface area contributed by atoms with Gasteiger partial charge in [0.05, 0.1) is 5.69 Å². The van der Waals surface area contributed by atoms with Crippen LogP contribution in [0.1, 0.15) is 16.1 Å². The Morgan fingerprint density at radius 2 is 2.24 bits per heavy atom. The highest BCUT2D eigenvalue weighted by Crippen LogP contribution is 2.28. The number of nitrogens with one attached hydrogen (secondary N) is 1. The number of hydrogen-bond donors (Lipinski definition) is 1. The minimum absolute atomic E-state index is 0.206. The van der Waals surface area contributed by atoms with Crippen LogP contribution in [0.4, 0.5) is 5.13 Å². The van der Waals surface area contributed by atoms with E-state index in [2.05, 4.69) is 46.0 Å². The van der Waals surface area contributed by atoms with Crippen molar-refractivity contribution in [2.45, 2.75) is 19.5 Å². The first-order valence-electron chi connectivity index (χ1n) is 6.93. The van der Waals surface area contributed by atoms with Crippen molar-refractivity contribution in [2.75, 3.05) is 11.9 Å². The quantitative estimate of drug-likeness (QED) is 0.883. The highest BCUT2D eigenvalue weighted by molar-refractivity contribution is 7.15. The second kappa shape index (κ2) is 6.20. The number of thiazole rings is 1. The number of fused-ring (bicyclic) bond motifs is 1. The Morgan fingerprint density at radius 3 is 3.00 bits per heavy atom. The van der Waals surface area contributed by atoms with Crippen molar-refractivity contribution in [2.24, 2.45) is 0 Å². The largest absolute Gasteiger partial charge is 0.298 e. The van der Waals surface area contributed by atoms with E-state index in [0.717, 1.165) is 31.7 Å². The Kier molecular flexibility index (Phi) is 4.13. The van der Waals surface area contributed by atoms with E-state index in [9.17, 15) is 4.79 Å². The number of amides is 1. The lowest BCUT2D eigenvalue weighted by molar-refractivity contribution is -0.111. The third kappa shape index (κ3) is 3.37. The molecule has 1 aliphatic heterocycles. The molecule has 2 heterocycles. The monoisotopic (exact) mass is 299 g/mol. The van der Waals surface area contributed by atoms with Gasteiger partial charge in [0.15, 0.2) is 5.13 Å². The van der Waals surface area contributed by atoms with Gasteiger partial charge in [-0.1, -0.05) is 36.9 Å². The molecule has 3 rings (SSSR count). The van der Waals surface area contributed by atoms with Crippen molar-refractivity contribution >= 4 is 22.4 Å². The molecule has 1 aliphatic rings. The standard InChI is InChI=1S/C16H17N3OS/c1-2-15(20)18-16-17-13-8-9-19(11-14(13)21-16)10-12-6-4-3-5-7-12/h2-7H,1,8-11H2,(H,17,18,20). The summed E-state index contributed by atoms with van der Waals surface area (Å²) in [6, 6.07) is 10.5. The molecule has 0 saturated carbocycles. The maximum atomic E-state index is 11.3. The summed E-state index contributed by atoms with van der Waals surface area (Å²) in [7, 11) is 0. The van der Waals surface area contributed by atoms with E-state index >= 15 is 0 Å². The van der Waals surface area contributed by atoms with Gasteiger partial charge in [-0.25, -0.2) is 4.98 Å². The average Bonchev–Trinajstić information content (AvgIpc) is 2.89. The smallest absolute Gasteiger partial charge is 0.249 e. The zero-order valence-corrected chi connectivity index (χ0v) is 12.5. The predicted molar refractivity (Wildman–Crippen MR) is 85.2 cm³/mol. The molecule has 0 spiro atoms. The summed E-state index contributed by atoms with van der Waals surface area (Å²) < 4.78 is 0. The zero-order chi connectivity index (χ0) is 14.7. The van der Waals surface area contributed by atoms with Gasteiger partial charge < -0.3 is 0 Å². The average molecular weight is 299 g/mol. The minimum Gasteiger partial charge on any atom is -0.298 e. The normalized spacial score (nSPS) is 14.5. The van der Waals surface area contributed by atoms with E-state index in [1.165, 1.54) is 16.5 Å². The van der Waals surface area contributed by atoms with Gasteiger partial charge in [0.1, 0.15) is 0 Å². The first kappa shape index (κ1) is 14.0. The molecule has 1 aromatic heterocycles. The molecule has 0 aliphatic carbocycles. The number of rotatable bonds is 4. The summed E-state index contributed by atoms with van der Waals surface area (Å²) in [5.74, 6) is -0.206. The molecule has 1 N–H and O–H groups in total. The lowest BCUT2D eigenvalue weighted by Crippen LogP contribution is -2.29. The van der Waals surface area contributed by atoms with Crippen LogP contribution in [0.5, 0.6) is 0 Å². The molecule has 0 saturated heterocycles. The van der Waals surface area contributed by atoms with Crippen LogP contribution in [0, 0.1) is 0 Å². The summed E-state index contributed by atoms with van der Waals surface area (Å²) in [5.41, 5.74) is 2.44. The van der Waals surface area contributed by atoms with Gasteiger partial charge in [-0.15, -0.1) is 11.3 Å². The van der Waals surface area contributed by atoms with Gasteiger partial charge in [0.2, 0.25) is 5.91 Å². The van der Waals surface area contributed by atoms with Crippen LogP contribution in [-0.4, -0.2) is 22.3 Å². The van der Waals surface area contributed by atoms with Crippen molar-refractivity contribution in [3.05, 3.63) is 59.1 Å². The summed E-state index contributed by atoms with van der Waals surface area (Å²) in [6.07, 6.45) is 2.20. The molecule has 0 atom stereocenters. The second-order valence-electron chi connectivity index (χ2n) is 5.03. The van der Waals surface area contributed by atoms with E-state index in [0.29, 0.717) is 5.13 Å². The van der Waals surface area contributed by atoms with Gasteiger partial charge in [-0.3, -0.25) is 15.0 Å². The van der Waals surface area contributed by atoms with Crippen molar-refractivity contribution in [3.63, 3.8) is 0 Å². The third-order valence-electron chi connectivity index (χ3n) is 3.47. The number of carbonyl (C=O) groups is 1. The SMILES string of the molecule is C=CC(=O)Nc1nc2c(s1)CN(Cc1ccccc1)CC2. The fourth-order valence-corrected chi connectivity index (χ4v) is 3.49. The van der Waals surface area contributed by atoms with E-state index in [-0.39, 0.29) is 5.91 Å². The first-order valence-corrected chi connectivity index (χ1v) is 7.74. The molecule has 0 unspecified atom stereocenters. The Hall–Kier alpha value is -1.98. The lowest BCUT2D eigenvalue weighted by atomic mass is 10.1. The highest BCUT2D eigenvalue weighted by Gasteiger charge is 2.21. The van der Waals surface area contributed by atoms with Gasteiger partial charge >= 0.3 is 0 Å². The van der Waals surface area contributed by atoms with Crippen LogP contribution >= 0.6 is 11.3 Å². The molecule has 2 aromatic rings. The van der Waals surface area contributed by atoms with Crippen LogP contribution in [0.2, 0.25) is 0 Å². The van der Waals surface area contributed by atoms with E-state index < -0.39 is 0 Å². The molecule has 108 valence electrons. The summed E-state index contributed by atoms with van der Waals surface area (Å²) >= 11 is 1.56. The lowest BCUT2D eigenvalue weighted by Gasteiger charge is -2.25. The summed E-state index contributed by atoms with van der Waals surface area (Å²) in [5, 5.41) is 3.42. The van der Waals surface area contributed by atoms with Crippen LogP contribution < -0.4 is 5.32 Å². The van der Waals surface area contributed by atoms with E-state index in [1.807, 2.05) is 6.07 Å². The third-order valence-corrected chi connectivity index (χ3v) is 4.47. The summed E-state index contributed by atoms with van der Waals surface area (Å²) in [6.45, 7) is 6.30. The molecule has 1 aromatic carbocycles. The molecule has 1 amide bonds. The van der Waals surface area contributed by atoms with Gasteiger partial charge in [0, 0.05) is 30.9 Å². The van der Waals surface area contributed by atoms with E-state index in [1.54, 1.807) is 11.3 Å². The number of aromatic nitrogens is 1. The van der Waals surface area contributed by atoms with Crippen LogP contribution in [0.25, 0.3) is 0 Å². The molecule has 0 bridgehead atoms. The number of nitrogens with zero attached hydrogens (tertiary/aromatic N) is 2. The molecule has 0 radical (unpaired) electrons. The Balaban J connectivity index is 1.67. The zero-order valence-electron chi connectivity index (χ0n) is 11.7. The number of hydrogen-bond acceptors (Lipinski definition) is 4. The fraction of sp³-hybridized carbons (Fsp3) is 0.250. The predicted octanol–water partition coefficient (Wildman–Crippen LogP) is 2.83. The van der Waals surface area contributed by atoms with Gasteiger partial charge in [-0.05, 0) is 11.6 Å². The van der Waals surface area contributed by atoms with Crippen LogP contribution in [-0.2, 0) is 24.3 Å². The molecule has 0 fully saturated rings. The van der Waals surface area contributed by atoms with E-state index in [4.69, 9.17) is 0 Å². The number of carbonyl (C=O) groups excluding carboxylic acids is 1. The molecule has 21 heavy (non-hydrogen) atoms. The van der Waals surface area contributed by atoms with Crippen molar-refractivity contribution < 1.29 is 4.79 Å². The minimum atomic E-state index is -0.206. The van der Waals surface area contributed by atoms with Gasteiger partial charge in [0.25, 0.3) is 0 Å². The number of benzene rings is 1. The Bertz CT molecular complexity index is 651. The molecule has 4 nitrogen and oxygen atoms in total. The van der Waals surface area contributed by atoms with Crippen molar-refractivity contribution in [3.8, 4) is 0 Å². The molecule has 5 heteroatoms. The van der Waals surface area contributed by atoms with Crippen LogP contribution in [0.15, 0.2) is 43.0 Å². The summed E-state index contributed by atoms with van der Waals surface area (Å²) in [4.78, 5) is 19.5. The Morgan fingerprint density at radius 1 is 1.43 bits per heavy atom. The number of anilines is 1. The first-order chi connectivity index (χ1) is 10.2. The maximum absolute atomic E-state index is 11.3. The van der Waals surface area contributed by atoms with Crippen molar-refractivity contribution in [1.82, 2.24) is 9.88 Å². The van der Waals surface area contributed by atoms with Gasteiger partial charge in [-0.2, -0.15) is 0 Å². The maximum Gasteiger partial charge on any atom is 0.249 e. The van der Waals surface area contributed by atoms with Crippen LogP contribution in [0.3, 0.4) is 0 Å². The molecular weight excluding hydrogens is 282 g/mol. The topological polar surface area (TPSA) is 45.2 Å². The Labute approximate surface area is 128 Å². The highest BCUT2D eigenvalue weighted by atomic mass is 32.1. The fourth-order valence-electron chi connectivity index (χ4n) is 2.43. The second-order valence-corrected chi connectivity index (χ2v) is 6.11.